The lowest BCUT2D eigenvalue weighted by molar-refractivity contribution is 0.415. The summed E-state index contributed by atoms with van der Waals surface area (Å²) >= 11 is 1.69. The maximum atomic E-state index is 9.74. The van der Waals surface area contributed by atoms with Crippen molar-refractivity contribution in [2.24, 2.45) is 0 Å². The predicted molar refractivity (Wildman–Crippen MR) is 118 cm³/mol. The van der Waals surface area contributed by atoms with E-state index in [4.69, 9.17) is 4.74 Å². The molecule has 0 saturated carbocycles. The Morgan fingerprint density at radius 1 is 1.14 bits per heavy atom. The SMILES string of the molecule is CCCSNc1cccc(C#Cc2c(C#N)c3ccc(OC)cc3n2CC)c1. The Morgan fingerprint density at radius 3 is 2.71 bits per heavy atom. The molecule has 0 atom stereocenters. The molecule has 1 N–H and O–H groups in total. The summed E-state index contributed by atoms with van der Waals surface area (Å²) in [5, 5.41) is 10.6. The van der Waals surface area contributed by atoms with Crippen LogP contribution in [0, 0.1) is 23.2 Å². The van der Waals surface area contributed by atoms with Crippen molar-refractivity contribution in [2.75, 3.05) is 17.6 Å². The zero-order valence-electron chi connectivity index (χ0n) is 16.4. The topological polar surface area (TPSA) is 50.0 Å². The van der Waals surface area contributed by atoms with Crippen LogP contribution in [0.15, 0.2) is 42.5 Å². The van der Waals surface area contributed by atoms with Crippen LogP contribution in [0.5, 0.6) is 5.75 Å². The van der Waals surface area contributed by atoms with E-state index < -0.39 is 0 Å². The van der Waals surface area contributed by atoms with Crippen molar-refractivity contribution in [2.45, 2.75) is 26.8 Å². The lowest BCUT2D eigenvalue weighted by Crippen LogP contribution is -1.98. The summed E-state index contributed by atoms with van der Waals surface area (Å²) in [5.74, 6) is 8.29. The van der Waals surface area contributed by atoms with Crippen LogP contribution in [0.1, 0.15) is 37.1 Å². The molecule has 0 aliphatic heterocycles. The molecular weight excluding hydrogens is 366 g/mol. The molecule has 3 rings (SSSR count). The molecule has 5 heteroatoms. The van der Waals surface area contributed by atoms with Crippen molar-refractivity contribution in [3.05, 3.63) is 59.3 Å². The Morgan fingerprint density at radius 2 is 2.00 bits per heavy atom. The molecule has 0 radical (unpaired) electrons. The first-order chi connectivity index (χ1) is 13.7. The summed E-state index contributed by atoms with van der Waals surface area (Å²) in [5.41, 5.74) is 4.27. The van der Waals surface area contributed by atoms with E-state index in [2.05, 4.69) is 41.0 Å². The third-order valence-corrected chi connectivity index (χ3v) is 5.38. The number of aromatic nitrogens is 1. The van der Waals surface area contributed by atoms with Gasteiger partial charge in [-0.05, 0) is 49.6 Å². The van der Waals surface area contributed by atoms with Crippen molar-refractivity contribution < 1.29 is 4.74 Å². The molecule has 2 aromatic carbocycles. The number of methoxy groups -OCH3 is 1. The third kappa shape index (κ3) is 4.11. The van der Waals surface area contributed by atoms with Gasteiger partial charge >= 0.3 is 0 Å². The molecule has 0 spiro atoms. The molecule has 1 aromatic heterocycles. The van der Waals surface area contributed by atoms with Gasteiger partial charge in [0, 0.05) is 35.0 Å². The van der Waals surface area contributed by atoms with Crippen molar-refractivity contribution >= 4 is 28.5 Å². The van der Waals surface area contributed by atoms with Crippen LogP contribution in [0.2, 0.25) is 0 Å². The highest BCUT2D eigenvalue weighted by atomic mass is 32.2. The monoisotopic (exact) mass is 389 g/mol. The fourth-order valence-electron chi connectivity index (χ4n) is 3.06. The van der Waals surface area contributed by atoms with Gasteiger partial charge in [-0.2, -0.15) is 5.26 Å². The standard InChI is InChI=1S/C23H23N3OS/c1-4-13-28-25-18-8-6-7-17(14-18)9-12-22-21(16-24)20-11-10-19(27-3)15-23(20)26(22)5-2/h6-8,10-11,14-15,25H,4-5,13H2,1-3H3. The van der Waals surface area contributed by atoms with Crippen LogP contribution in [0.25, 0.3) is 10.9 Å². The molecular formula is C23H23N3OS. The molecule has 1 heterocycles. The normalized spacial score (nSPS) is 10.2. The second-order valence-electron chi connectivity index (χ2n) is 6.24. The number of aryl methyl sites for hydroxylation is 1. The number of benzene rings is 2. The van der Waals surface area contributed by atoms with Crippen molar-refractivity contribution in [3.8, 4) is 23.7 Å². The summed E-state index contributed by atoms with van der Waals surface area (Å²) in [7, 11) is 1.64. The Kier molecular flexibility index (Phi) is 6.53. The first-order valence-electron chi connectivity index (χ1n) is 9.32. The first kappa shape index (κ1) is 19.7. The maximum absolute atomic E-state index is 9.74. The van der Waals surface area contributed by atoms with E-state index in [-0.39, 0.29) is 0 Å². The highest BCUT2D eigenvalue weighted by Gasteiger charge is 2.15. The largest absolute Gasteiger partial charge is 0.497 e. The fraction of sp³-hybridized carbons (Fsp3) is 0.261. The van der Waals surface area contributed by atoms with Crippen molar-refractivity contribution in [1.29, 1.82) is 5.26 Å². The number of nitrogens with one attached hydrogen (secondary N) is 1. The number of hydrogen-bond donors (Lipinski definition) is 1. The molecule has 3 aromatic rings. The number of anilines is 1. The average molecular weight is 390 g/mol. The highest BCUT2D eigenvalue weighted by Crippen LogP contribution is 2.29. The summed E-state index contributed by atoms with van der Waals surface area (Å²) in [6.07, 6.45) is 1.13. The van der Waals surface area contributed by atoms with Crippen LogP contribution >= 0.6 is 11.9 Å². The van der Waals surface area contributed by atoms with Crippen LogP contribution < -0.4 is 9.46 Å². The van der Waals surface area contributed by atoms with Gasteiger partial charge in [0.15, 0.2) is 0 Å². The number of ether oxygens (including phenoxy) is 1. The smallest absolute Gasteiger partial charge is 0.120 e. The number of hydrogen-bond acceptors (Lipinski definition) is 4. The van der Waals surface area contributed by atoms with Gasteiger partial charge in [-0.15, -0.1) is 0 Å². The van der Waals surface area contributed by atoms with E-state index in [0.29, 0.717) is 5.56 Å². The third-order valence-electron chi connectivity index (χ3n) is 4.38. The Balaban J connectivity index is 2.02. The number of fused-ring (bicyclic) bond motifs is 1. The lowest BCUT2D eigenvalue weighted by Gasteiger charge is -2.05. The van der Waals surface area contributed by atoms with Gasteiger partial charge in [0.25, 0.3) is 0 Å². The first-order valence-corrected chi connectivity index (χ1v) is 10.3. The van der Waals surface area contributed by atoms with Crippen LogP contribution in [0.4, 0.5) is 5.69 Å². The molecule has 142 valence electrons. The van der Waals surface area contributed by atoms with E-state index in [1.54, 1.807) is 19.1 Å². The maximum Gasteiger partial charge on any atom is 0.120 e. The van der Waals surface area contributed by atoms with Gasteiger partial charge < -0.3 is 14.0 Å². The molecule has 28 heavy (non-hydrogen) atoms. The minimum absolute atomic E-state index is 0.611. The molecule has 4 nitrogen and oxygen atoms in total. The van der Waals surface area contributed by atoms with E-state index in [1.165, 1.54) is 0 Å². The summed E-state index contributed by atoms with van der Waals surface area (Å²) in [6.45, 7) is 4.94. The molecule has 0 aliphatic carbocycles. The van der Waals surface area contributed by atoms with Gasteiger partial charge in [-0.1, -0.05) is 30.9 Å². The molecule has 0 saturated heterocycles. The minimum atomic E-state index is 0.611. The van der Waals surface area contributed by atoms with Crippen molar-refractivity contribution in [1.82, 2.24) is 4.57 Å². The summed E-state index contributed by atoms with van der Waals surface area (Å²) < 4.78 is 10.8. The molecule has 0 bridgehead atoms. The Bertz CT molecular complexity index is 1080. The zero-order chi connectivity index (χ0) is 19.9. The Labute approximate surface area is 170 Å². The van der Waals surface area contributed by atoms with Crippen LogP contribution in [0.3, 0.4) is 0 Å². The van der Waals surface area contributed by atoms with Gasteiger partial charge in [0.1, 0.15) is 17.5 Å². The van der Waals surface area contributed by atoms with Gasteiger partial charge in [0.2, 0.25) is 0 Å². The second-order valence-corrected chi connectivity index (χ2v) is 7.15. The summed E-state index contributed by atoms with van der Waals surface area (Å²) in [4.78, 5) is 0. The lowest BCUT2D eigenvalue weighted by atomic mass is 10.1. The van der Waals surface area contributed by atoms with Gasteiger partial charge in [-0.25, -0.2) is 0 Å². The van der Waals surface area contributed by atoms with Gasteiger partial charge in [-0.3, -0.25) is 0 Å². The molecule has 0 aliphatic rings. The molecule has 0 unspecified atom stereocenters. The van der Waals surface area contributed by atoms with E-state index >= 15 is 0 Å². The van der Waals surface area contributed by atoms with Crippen LogP contribution in [-0.4, -0.2) is 17.4 Å². The minimum Gasteiger partial charge on any atom is -0.497 e. The van der Waals surface area contributed by atoms with E-state index in [9.17, 15) is 5.26 Å². The number of rotatable bonds is 6. The molecule has 0 amide bonds. The Hall–Kier alpha value is -3.02. The quantitative estimate of drug-likeness (QED) is 0.348. The van der Waals surface area contributed by atoms with E-state index in [0.717, 1.165) is 52.3 Å². The summed E-state index contributed by atoms with van der Waals surface area (Å²) in [6, 6.07) is 16.1. The zero-order valence-corrected chi connectivity index (χ0v) is 17.2. The van der Waals surface area contributed by atoms with Gasteiger partial charge in [0.05, 0.1) is 18.2 Å². The average Bonchev–Trinajstić information content (AvgIpc) is 3.04. The fourth-order valence-corrected chi connectivity index (χ4v) is 3.66. The van der Waals surface area contributed by atoms with Crippen LogP contribution in [-0.2, 0) is 6.54 Å². The number of nitrogens with zero attached hydrogens (tertiary/aromatic N) is 2. The van der Waals surface area contributed by atoms with E-state index in [1.807, 2.05) is 42.5 Å². The predicted octanol–water partition coefficient (Wildman–Crippen LogP) is 5.41. The van der Waals surface area contributed by atoms with Crippen molar-refractivity contribution in [3.63, 3.8) is 0 Å². The highest BCUT2D eigenvalue weighted by molar-refractivity contribution is 8.00. The number of nitriles is 1. The molecule has 0 fully saturated rings. The second kappa shape index (κ2) is 9.26.